The number of halogens is 4. The molecule has 0 bridgehead atoms. The van der Waals surface area contributed by atoms with Crippen molar-refractivity contribution in [1.82, 2.24) is 10.7 Å². The highest BCUT2D eigenvalue weighted by atomic mass is 19.4. The van der Waals surface area contributed by atoms with E-state index in [0.29, 0.717) is 0 Å². The molecule has 0 spiro atoms. The van der Waals surface area contributed by atoms with Gasteiger partial charge in [0.15, 0.2) is 0 Å². The van der Waals surface area contributed by atoms with Gasteiger partial charge in [0.2, 0.25) is 0 Å². The van der Waals surface area contributed by atoms with Crippen LogP contribution in [0.15, 0.2) is 54.6 Å². The molecule has 6 nitrogen and oxygen atoms in total. The Bertz CT molecular complexity index is 815. The molecule has 0 saturated heterocycles. The lowest BCUT2D eigenvalue weighted by Gasteiger charge is -2.34. The van der Waals surface area contributed by atoms with E-state index in [1.54, 1.807) is 28.9 Å². The highest BCUT2D eigenvalue weighted by molar-refractivity contribution is 5.98. The van der Waals surface area contributed by atoms with Gasteiger partial charge in [0.05, 0.1) is 7.11 Å². The number of hydrogen-bond donors (Lipinski definition) is 3. The number of ether oxygens (including phenoxy) is 1. The van der Waals surface area contributed by atoms with Crippen molar-refractivity contribution in [3.63, 3.8) is 0 Å². The van der Waals surface area contributed by atoms with Gasteiger partial charge in [0, 0.05) is 11.3 Å². The van der Waals surface area contributed by atoms with Gasteiger partial charge in [0.25, 0.3) is 5.91 Å². The number of hydrazine groups is 1. The molecule has 0 aliphatic heterocycles. The monoisotopic (exact) mass is 385 g/mol. The van der Waals surface area contributed by atoms with E-state index in [0.717, 1.165) is 31.4 Å². The number of methoxy groups -OCH3 is 1. The van der Waals surface area contributed by atoms with E-state index >= 15 is 0 Å². The van der Waals surface area contributed by atoms with Crippen molar-refractivity contribution in [2.75, 3.05) is 12.5 Å². The number of anilines is 1. The maximum atomic E-state index is 13.8. The molecule has 27 heavy (non-hydrogen) atoms. The average Bonchev–Trinajstić information content (AvgIpc) is 2.64. The lowest BCUT2D eigenvalue weighted by molar-refractivity contribution is -0.215. The normalized spacial score (nSPS) is 13.4. The smallest absolute Gasteiger partial charge is 0.438 e. The highest BCUT2D eigenvalue weighted by Gasteiger charge is 2.63. The average molecular weight is 385 g/mol. The standard InChI is InChI=1S/C17H15F4N3O3/c1-27-15(26)16(17(19,20)21,24-23-13-8-3-2-4-9-13)22-14(25)11-6-5-7-12(18)10-11/h2-10,23-24H,1H3,(H,22,25)/t16-/m0/s1. The van der Waals surface area contributed by atoms with E-state index in [2.05, 4.69) is 10.2 Å². The lowest BCUT2D eigenvalue weighted by atomic mass is 10.1. The van der Waals surface area contributed by atoms with Crippen LogP contribution in [-0.2, 0) is 9.53 Å². The summed E-state index contributed by atoms with van der Waals surface area (Å²) >= 11 is 0. The van der Waals surface area contributed by atoms with Crippen LogP contribution in [0.1, 0.15) is 10.4 Å². The summed E-state index contributed by atoms with van der Waals surface area (Å²) in [7, 11) is 0.737. The van der Waals surface area contributed by atoms with Gasteiger partial charge >= 0.3 is 17.8 Å². The van der Waals surface area contributed by atoms with Gasteiger partial charge in [-0.2, -0.15) is 18.6 Å². The molecule has 0 heterocycles. The fourth-order valence-corrected chi connectivity index (χ4v) is 2.10. The zero-order chi connectivity index (χ0) is 20.1. The predicted molar refractivity (Wildman–Crippen MR) is 87.9 cm³/mol. The zero-order valence-corrected chi connectivity index (χ0v) is 13.9. The summed E-state index contributed by atoms with van der Waals surface area (Å²) in [4.78, 5) is 24.2. The first kappa shape index (κ1) is 20.2. The first-order chi connectivity index (χ1) is 12.7. The van der Waals surface area contributed by atoms with Crippen LogP contribution in [0.4, 0.5) is 23.2 Å². The Morgan fingerprint density at radius 3 is 2.22 bits per heavy atom. The van der Waals surface area contributed by atoms with Crippen LogP contribution < -0.4 is 16.2 Å². The predicted octanol–water partition coefficient (Wildman–Crippen LogP) is 2.60. The second-order valence-electron chi connectivity index (χ2n) is 5.32. The molecule has 2 aromatic carbocycles. The number of hydrogen-bond acceptors (Lipinski definition) is 5. The molecule has 10 heteroatoms. The molecular weight excluding hydrogens is 370 g/mol. The third-order valence-electron chi connectivity index (χ3n) is 3.47. The first-order valence-electron chi connectivity index (χ1n) is 7.51. The fourth-order valence-electron chi connectivity index (χ4n) is 2.10. The van der Waals surface area contributed by atoms with Crippen molar-refractivity contribution in [2.24, 2.45) is 0 Å². The van der Waals surface area contributed by atoms with Crippen LogP contribution in [0.5, 0.6) is 0 Å². The van der Waals surface area contributed by atoms with Crippen LogP contribution >= 0.6 is 0 Å². The van der Waals surface area contributed by atoms with Crippen molar-refractivity contribution in [1.29, 1.82) is 0 Å². The van der Waals surface area contributed by atoms with Gasteiger partial charge in [0.1, 0.15) is 5.82 Å². The van der Waals surface area contributed by atoms with E-state index in [1.807, 2.05) is 0 Å². The second-order valence-corrected chi connectivity index (χ2v) is 5.32. The molecule has 1 atom stereocenters. The van der Waals surface area contributed by atoms with Crippen LogP contribution in [0.25, 0.3) is 0 Å². The SMILES string of the molecule is COC(=O)[C@@](NNc1ccccc1)(NC(=O)c1cccc(F)c1)C(F)(F)F. The lowest BCUT2D eigenvalue weighted by Crippen LogP contribution is -2.73. The molecule has 2 rings (SSSR count). The van der Waals surface area contributed by atoms with E-state index in [1.165, 1.54) is 12.1 Å². The van der Waals surface area contributed by atoms with Gasteiger partial charge < -0.3 is 15.5 Å². The number of para-hydroxylation sites is 1. The minimum absolute atomic E-state index is 0.190. The topological polar surface area (TPSA) is 79.5 Å². The van der Waals surface area contributed by atoms with Crippen molar-refractivity contribution >= 4 is 17.6 Å². The summed E-state index contributed by atoms with van der Waals surface area (Å²) in [6, 6.07) is 11.6. The molecule has 0 aliphatic carbocycles. The number of amides is 1. The molecule has 0 unspecified atom stereocenters. The number of esters is 1. The molecule has 0 fully saturated rings. The van der Waals surface area contributed by atoms with E-state index < -0.39 is 35.1 Å². The molecule has 3 N–H and O–H groups in total. The maximum absolute atomic E-state index is 13.8. The second kappa shape index (κ2) is 8.04. The van der Waals surface area contributed by atoms with Crippen LogP contribution in [0, 0.1) is 5.82 Å². The summed E-state index contributed by atoms with van der Waals surface area (Å²) in [5.74, 6) is -3.98. The van der Waals surface area contributed by atoms with Gasteiger partial charge in [-0.3, -0.25) is 4.79 Å². The molecule has 0 aliphatic rings. The largest absolute Gasteiger partial charge is 0.466 e. The van der Waals surface area contributed by atoms with Crippen molar-refractivity contribution in [2.45, 2.75) is 11.8 Å². The summed E-state index contributed by atoms with van der Waals surface area (Å²) in [5.41, 5.74) is 0.154. The van der Waals surface area contributed by atoms with Gasteiger partial charge in [-0.15, -0.1) is 0 Å². The Balaban J connectivity index is 2.38. The molecular formula is C17H15F4N3O3. The van der Waals surface area contributed by atoms with E-state index in [4.69, 9.17) is 0 Å². The first-order valence-corrected chi connectivity index (χ1v) is 7.51. The molecule has 144 valence electrons. The van der Waals surface area contributed by atoms with Gasteiger partial charge in [-0.05, 0) is 30.3 Å². The third kappa shape index (κ3) is 4.53. The number of carbonyl (C=O) groups is 2. The van der Waals surface area contributed by atoms with Crippen molar-refractivity contribution < 1.29 is 31.9 Å². The molecule has 1 amide bonds. The van der Waals surface area contributed by atoms with Gasteiger partial charge in [-0.1, -0.05) is 24.3 Å². The third-order valence-corrected chi connectivity index (χ3v) is 3.47. The Labute approximate surface area is 151 Å². The van der Waals surface area contributed by atoms with Crippen molar-refractivity contribution in [3.8, 4) is 0 Å². The summed E-state index contributed by atoms with van der Waals surface area (Å²) in [6.45, 7) is 0. The van der Waals surface area contributed by atoms with E-state index in [9.17, 15) is 27.2 Å². The Morgan fingerprint density at radius 2 is 1.67 bits per heavy atom. The number of nitrogens with one attached hydrogen (secondary N) is 3. The summed E-state index contributed by atoms with van der Waals surface area (Å²) in [5, 5.41) is 1.56. The highest BCUT2D eigenvalue weighted by Crippen LogP contribution is 2.30. The molecule has 2 aromatic rings. The maximum Gasteiger partial charge on any atom is 0.438 e. The fraction of sp³-hybridized carbons (Fsp3) is 0.176. The van der Waals surface area contributed by atoms with Gasteiger partial charge in [-0.25, -0.2) is 9.18 Å². The number of carbonyl (C=O) groups excluding carboxylic acids is 2. The Kier molecular flexibility index (Phi) is 6.01. The van der Waals surface area contributed by atoms with Crippen molar-refractivity contribution in [3.05, 3.63) is 66.0 Å². The Hall–Kier alpha value is -3.14. The Morgan fingerprint density at radius 1 is 1.00 bits per heavy atom. The summed E-state index contributed by atoms with van der Waals surface area (Å²) < 4.78 is 58.8. The summed E-state index contributed by atoms with van der Waals surface area (Å²) in [6.07, 6.45) is -5.30. The molecule has 0 aromatic heterocycles. The van der Waals surface area contributed by atoms with Crippen LogP contribution in [0.2, 0.25) is 0 Å². The number of alkyl halides is 3. The van der Waals surface area contributed by atoms with E-state index in [-0.39, 0.29) is 5.69 Å². The van der Waals surface area contributed by atoms with Crippen LogP contribution in [-0.4, -0.2) is 30.8 Å². The quantitative estimate of drug-likeness (QED) is 0.308. The number of benzene rings is 2. The van der Waals surface area contributed by atoms with Crippen LogP contribution in [0.3, 0.4) is 0 Å². The molecule has 0 saturated carbocycles. The minimum Gasteiger partial charge on any atom is -0.466 e. The minimum atomic E-state index is -5.30. The molecule has 0 radical (unpaired) electrons. The number of rotatable bonds is 6. The zero-order valence-electron chi connectivity index (χ0n) is 13.9.